The second-order valence-corrected chi connectivity index (χ2v) is 4.59. The lowest BCUT2D eigenvalue weighted by atomic mass is 10.0. The summed E-state index contributed by atoms with van der Waals surface area (Å²) in [6, 6.07) is 5.01. The van der Waals surface area contributed by atoms with Gasteiger partial charge in [-0.15, -0.1) is 0 Å². The van der Waals surface area contributed by atoms with Crippen molar-refractivity contribution in [2.75, 3.05) is 6.61 Å². The van der Waals surface area contributed by atoms with Gasteiger partial charge in [-0.05, 0) is 30.9 Å². The second kappa shape index (κ2) is 6.40. The number of carbonyl (C=O) groups is 1. The molecule has 0 saturated heterocycles. The molecule has 1 aromatic rings. The molecular formula is C14H21NO3. The first-order chi connectivity index (χ1) is 8.51. The molecule has 1 rings (SSSR count). The summed E-state index contributed by atoms with van der Waals surface area (Å²) in [7, 11) is 0. The van der Waals surface area contributed by atoms with Gasteiger partial charge in [0.05, 0.1) is 5.56 Å². The van der Waals surface area contributed by atoms with E-state index in [0.717, 1.165) is 5.56 Å². The average Bonchev–Trinajstić information content (AvgIpc) is 2.37. The molecule has 4 heteroatoms. The Hall–Kier alpha value is -1.55. The van der Waals surface area contributed by atoms with Crippen LogP contribution < -0.4 is 5.32 Å². The van der Waals surface area contributed by atoms with Gasteiger partial charge in [0, 0.05) is 12.6 Å². The van der Waals surface area contributed by atoms with Gasteiger partial charge in [-0.1, -0.05) is 26.0 Å². The third kappa shape index (κ3) is 3.23. The number of amides is 1. The zero-order chi connectivity index (χ0) is 13.7. The highest BCUT2D eigenvalue weighted by Gasteiger charge is 2.18. The molecular weight excluding hydrogens is 230 g/mol. The third-order valence-corrected chi connectivity index (χ3v) is 3.25. The largest absolute Gasteiger partial charge is 0.507 e. The monoisotopic (exact) mass is 251 g/mol. The molecule has 1 aromatic carbocycles. The van der Waals surface area contributed by atoms with Gasteiger partial charge < -0.3 is 15.5 Å². The van der Waals surface area contributed by atoms with Crippen LogP contribution in [-0.2, 0) is 6.42 Å². The van der Waals surface area contributed by atoms with E-state index in [-0.39, 0.29) is 35.8 Å². The summed E-state index contributed by atoms with van der Waals surface area (Å²) in [5.74, 6) is -0.289. The Kier molecular flexibility index (Phi) is 5.16. The number of hydrogen-bond acceptors (Lipinski definition) is 3. The van der Waals surface area contributed by atoms with Gasteiger partial charge in [-0.3, -0.25) is 4.79 Å². The summed E-state index contributed by atoms with van der Waals surface area (Å²) in [5.41, 5.74) is 1.04. The zero-order valence-electron chi connectivity index (χ0n) is 11.1. The summed E-state index contributed by atoms with van der Waals surface area (Å²) >= 11 is 0. The van der Waals surface area contributed by atoms with Gasteiger partial charge in [-0.25, -0.2) is 0 Å². The molecule has 0 aliphatic carbocycles. The Labute approximate surface area is 108 Å². The molecule has 100 valence electrons. The Morgan fingerprint density at radius 1 is 1.39 bits per heavy atom. The predicted octanol–water partition coefficient (Wildman–Crippen LogP) is 1.70. The SMILES string of the molecule is CCc1cccc(C(=O)NC(C)C(C)CO)c1O. The quantitative estimate of drug-likeness (QED) is 0.746. The molecule has 0 bridgehead atoms. The van der Waals surface area contributed by atoms with Crippen LogP contribution in [0.5, 0.6) is 5.75 Å². The van der Waals surface area contributed by atoms with Crippen LogP contribution in [0.25, 0.3) is 0 Å². The topological polar surface area (TPSA) is 69.6 Å². The standard InChI is InChI=1S/C14H21NO3/c1-4-11-6-5-7-12(13(11)17)14(18)15-10(3)9(2)8-16/h5-7,9-10,16-17H,4,8H2,1-3H3,(H,15,18). The molecule has 18 heavy (non-hydrogen) atoms. The fraction of sp³-hybridized carbons (Fsp3) is 0.500. The molecule has 2 atom stereocenters. The molecule has 0 spiro atoms. The fourth-order valence-corrected chi connectivity index (χ4v) is 1.64. The molecule has 0 fully saturated rings. The number of rotatable bonds is 5. The van der Waals surface area contributed by atoms with E-state index in [4.69, 9.17) is 5.11 Å². The molecule has 0 aliphatic heterocycles. The van der Waals surface area contributed by atoms with Crippen molar-refractivity contribution in [1.29, 1.82) is 0 Å². The van der Waals surface area contributed by atoms with Crippen LogP contribution in [0, 0.1) is 5.92 Å². The van der Waals surface area contributed by atoms with Crippen molar-refractivity contribution in [3.05, 3.63) is 29.3 Å². The number of hydrogen-bond donors (Lipinski definition) is 3. The lowest BCUT2D eigenvalue weighted by molar-refractivity contribution is 0.0913. The van der Waals surface area contributed by atoms with E-state index in [1.165, 1.54) is 0 Å². The minimum atomic E-state index is -0.310. The highest BCUT2D eigenvalue weighted by Crippen LogP contribution is 2.23. The smallest absolute Gasteiger partial charge is 0.255 e. The fourth-order valence-electron chi connectivity index (χ4n) is 1.64. The number of aryl methyl sites for hydroxylation is 1. The number of aliphatic hydroxyl groups is 1. The maximum Gasteiger partial charge on any atom is 0.255 e. The van der Waals surface area contributed by atoms with Crippen LogP contribution in [0.2, 0.25) is 0 Å². The van der Waals surface area contributed by atoms with Gasteiger partial charge >= 0.3 is 0 Å². The molecule has 1 amide bonds. The minimum Gasteiger partial charge on any atom is -0.507 e. The van der Waals surface area contributed by atoms with Crippen LogP contribution in [0.15, 0.2) is 18.2 Å². The molecule has 0 aromatic heterocycles. The van der Waals surface area contributed by atoms with Crippen molar-refractivity contribution in [3.63, 3.8) is 0 Å². The van der Waals surface area contributed by atoms with E-state index >= 15 is 0 Å². The lowest BCUT2D eigenvalue weighted by Gasteiger charge is -2.19. The first kappa shape index (κ1) is 14.5. The van der Waals surface area contributed by atoms with Crippen LogP contribution in [0.4, 0.5) is 0 Å². The minimum absolute atomic E-state index is 0.0163. The molecule has 0 aliphatic rings. The summed E-state index contributed by atoms with van der Waals surface area (Å²) in [5, 5.41) is 21.8. The van der Waals surface area contributed by atoms with Gasteiger partial charge in [0.25, 0.3) is 5.91 Å². The first-order valence-electron chi connectivity index (χ1n) is 6.23. The Balaban J connectivity index is 2.85. The van der Waals surface area contributed by atoms with Gasteiger partial charge in [0.2, 0.25) is 0 Å². The van der Waals surface area contributed by atoms with Crippen LogP contribution in [0.1, 0.15) is 36.7 Å². The van der Waals surface area contributed by atoms with E-state index < -0.39 is 0 Å². The van der Waals surface area contributed by atoms with Gasteiger partial charge in [-0.2, -0.15) is 0 Å². The number of benzene rings is 1. The highest BCUT2D eigenvalue weighted by molar-refractivity contribution is 5.97. The summed E-state index contributed by atoms with van der Waals surface area (Å²) in [6.45, 7) is 5.63. The Morgan fingerprint density at radius 3 is 2.61 bits per heavy atom. The van der Waals surface area contributed by atoms with Crippen LogP contribution >= 0.6 is 0 Å². The zero-order valence-corrected chi connectivity index (χ0v) is 11.1. The maximum atomic E-state index is 12.0. The average molecular weight is 251 g/mol. The predicted molar refractivity (Wildman–Crippen MR) is 70.7 cm³/mol. The van der Waals surface area contributed by atoms with Crippen molar-refractivity contribution < 1.29 is 15.0 Å². The normalized spacial score (nSPS) is 14.0. The summed E-state index contributed by atoms with van der Waals surface area (Å²) in [6.07, 6.45) is 0.676. The second-order valence-electron chi connectivity index (χ2n) is 4.59. The Bertz CT molecular complexity index is 418. The van der Waals surface area contributed by atoms with Crippen LogP contribution in [-0.4, -0.2) is 28.8 Å². The number of aromatic hydroxyl groups is 1. The molecule has 4 nitrogen and oxygen atoms in total. The molecule has 3 N–H and O–H groups in total. The van der Waals surface area contributed by atoms with E-state index in [1.54, 1.807) is 18.2 Å². The first-order valence-corrected chi connectivity index (χ1v) is 6.23. The van der Waals surface area contributed by atoms with Gasteiger partial charge in [0.15, 0.2) is 0 Å². The van der Waals surface area contributed by atoms with E-state index in [2.05, 4.69) is 5.32 Å². The maximum absolute atomic E-state index is 12.0. The van der Waals surface area contributed by atoms with Gasteiger partial charge in [0.1, 0.15) is 5.75 Å². The van der Waals surface area contributed by atoms with Crippen molar-refractivity contribution in [2.24, 2.45) is 5.92 Å². The van der Waals surface area contributed by atoms with Crippen LogP contribution in [0.3, 0.4) is 0 Å². The third-order valence-electron chi connectivity index (χ3n) is 3.25. The van der Waals surface area contributed by atoms with Crippen molar-refractivity contribution >= 4 is 5.91 Å². The lowest BCUT2D eigenvalue weighted by Crippen LogP contribution is -2.38. The van der Waals surface area contributed by atoms with E-state index in [1.807, 2.05) is 20.8 Å². The molecule has 2 unspecified atom stereocenters. The molecule has 0 saturated carbocycles. The van der Waals surface area contributed by atoms with Crippen molar-refractivity contribution in [3.8, 4) is 5.75 Å². The number of phenols is 1. The number of nitrogens with one attached hydrogen (secondary N) is 1. The number of aliphatic hydroxyl groups excluding tert-OH is 1. The molecule has 0 heterocycles. The van der Waals surface area contributed by atoms with Crippen molar-refractivity contribution in [1.82, 2.24) is 5.32 Å². The number of para-hydroxylation sites is 1. The van der Waals surface area contributed by atoms with E-state index in [9.17, 15) is 9.90 Å². The highest BCUT2D eigenvalue weighted by atomic mass is 16.3. The number of carbonyl (C=O) groups excluding carboxylic acids is 1. The summed E-state index contributed by atoms with van der Waals surface area (Å²) < 4.78 is 0. The molecule has 0 radical (unpaired) electrons. The Morgan fingerprint density at radius 2 is 2.06 bits per heavy atom. The number of phenolic OH excluding ortho intramolecular Hbond substituents is 1. The summed E-state index contributed by atoms with van der Waals surface area (Å²) in [4.78, 5) is 12.0. The van der Waals surface area contributed by atoms with Crippen molar-refractivity contribution in [2.45, 2.75) is 33.2 Å². The van der Waals surface area contributed by atoms with E-state index in [0.29, 0.717) is 6.42 Å².